The second-order valence-electron chi connectivity index (χ2n) is 3.89. The summed E-state index contributed by atoms with van der Waals surface area (Å²) in [6.07, 6.45) is 0. The van der Waals surface area contributed by atoms with Crippen molar-refractivity contribution < 1.29 is 8.42 Å². The van der Waals surface area contributed by atoms with Crippen molar-refractivity contribution in [2.24, 2.45) is 0 Å². The van der Waals surface area contributed by atoms with E-state index in [4.69, 9.17) is 40.5 Å². The van der Waals surface area contributed by atoms with E-state index < -0.39 is 10.0 Å². The van der Waals surface area contributed by atoms with E-state index in [0.717, 1.165) is 0 Å². The van der Waals surface area contributed by atoms with Crippen molar-refractivity contribution in [3.63, 3.8) is 0 Å². The maximum Gasteiger partial charge on any atom is 0.263 e. The molecule has 2 aromatic rings. The van der Waals surface area contributed by atoms with E-state index in [1.165, 1.54) is 18.2 Å². The van der Waals surface area contributed by atoms with Crippen LogP contribution in [0.1, 0.15) is 0 Å². The Morgan fingerprint density at radius 3 is 2.20 bits per heavy atom. The van der Waals surface area contributed by atoms with E-state index in [1.807, 2.05) is 0 Å². The molecule has 20 heavy (non-hydrogen) atoms. The average Bonchev–Trinajstić information content (AvgIpc) is 2.36. The number of hydrogen-bond acceptors (Lipinski definition) is 3. The summed E-state index contributed by atoms with van der Waals surface area (Å²) in [5.41, 5.74) is 6.25. The molecule has 0 unspecified atom stereocenters. The quantitative estimate of drug-likeness (QED) is 0.648. The molecule has 4 nitrogen and oxygen atoms in total. The van der Waals surface area contributed by atoms with Crippen molar-refractivity contribution in [3.8, 4) is 0 Å². The lowest BCUT2D eigenvalue weighted by Crippen LogP contribution is -2.14. The molecule has 2 rings (SSSR count). The minimum absolute atomic E-state index is 0.0265. The van der Waals surface area contributed by atoms with Crippen LogP contribution in [0.4, 0.5) is 11.4 Å². The summed E-state index contributed by atoms with van der Waals surface area (Å²) in [4.78, 5) is -0.170. The fourth-order valence-corrected chi connectivity index (χ4v) is 3.59. The van der Waals surface area contributed by atoms with E-state index in [-0.39, 0.29) is 25.7 Å². The molecule has 0 bridgehead atoms. The normalized spacial score (nSPS) is 11.3. The highest BCUT2D eigenvalue weighted by Crippen LogP contribution is 2.33. The summed E-state index contributed by atoms with van der Waals surface area (Å²) in [7, 11) is -3.91. The first-order valence-corrected chi connectivity index (χ1v) is 7.95. The third-order valence-corrected chi connectivity index (χ3v) is 5.02. The van der Waals surface area contributed by atoms with Crippen molar-refractivity contribution in [3.05, 3.63) is 51.5 Å². The van der Waals surface area contributed by atoms with Gasteiger partial charge in [0.1, 0.15) is 4.90 Å². The molecule has 0 aromatic heterocycles. The maximum absolute atomic E-state index is 12.3. The lowest BCUT2D eigenvalue weighted by molar-refractivity contribution is 0.601. The Morgan fingerprint density at radius 1 is 0.950 bits per heavy atom. The molecule has 3 N–H and O–H groups in total. The van der Waals surface area contributed by atoms with Gasteiger partial charge >= 0.3 is 0 Å². The van der Waals surface area contributed by atoms with Crippen molar-refractivity contribution >= 4 is 56.2 Å². The zero-order chi connectivity index (χ0) is 14.9. The Morgan fingerprint density at radius 2 is 1.55 bits per heavy atom. The number of nitrogen functional groups attached to an aromatic ring is 1. The van der Waals surface area contributed by atoms with Crippen molar-refractivity contribution in [2.45, 2.75) is 4.90 Å². The number of nitrogens with one attached hydrogen (secondary N) is 1. The van der Waals surface area contributed by atoms with Gasteiger partial charge in [-0.05, 0) is 24.3 Å². The molecule has 0 aliphatic rings. The minimum atomic E-state index is -3.91. The molecule has 0 radical (unpaired) electrons. The number of para-hydroxylation sites is 2. The monoisotopic (exact) mass is 350 g/mol. The Bertz CT molecular complexity index is 763. The van der Waals surface area contributed by atoms with Gasteiger partial charge in [-0.15, -0.1) is 0 Å². The summed E-state index contributed by atoms with van der Waals surface area (Å²) in [5.74, 6) is 0. The summed E-state index contributed by atoms with van der Waals surface area (Å²) in [6, 6.07) is 8.93. The number of halogens is 3. The highest BCUT2D eigenvalue weighted by atomic mass is 35.5. The molecule has 0 saturated heterocycles. The fraction of sp³-hybridized carbons (Fsp3) is 0. The van der Waals surface area contributed by atoms with E-state index in [0.29, 0.717) is 5.69 Å². The van der Waals surface area contributed by atoms with Crippen LogP contribution in [-0.4, -0.2) is 8.42 Å². The van der Waals surface area contributed by atoms with Gasteiger partial charge in [0.05, 0.1) is 26.4 Å². The molecule has 106 valence electrons. The van der Waals surface area contributed by atoms with E-state index in [9.17, 15) is 8.42 Å². The summed E-state index contributed by atoms with van der Waals surface area (Å²) in [5, 5.41) is 0.244. The number of anilines is 2. The fourth-order valence-electron chi connectivity index (χ4n) is 1.50. The van der Waals surface area contributed by atoms with Crippen LogP contribution in [0.2, 0.25) is 15.1 Å². The number of hydrogen-bond donors (Lipinski definition) is 2. The van der Waals surface area contributed by atoms with Crippen LogP contribution in [0.25, 0.3) is 0 Å². The lowest BCUT2D eigenvalue weighted by Gasteiger charge is -2.12. The van der Waals surface area contributed by atoms with E-state index in [2.05, 4.69) is 4.72 Å². The Balaban J connectivity index is 2.47. The van der Waals surface area contributed by atoms with Gasteiger partial charge in [-0.25, -0.2) is 8.42 Å². The second-order valence-corrected chi connectivity index (χ2v) is 6.76. The molecule has 0 atom stereocenters. The zero-order valence-electron chi connectivity index (χ0n) is 9.90. The zero-order valence-corrected chi connectivity index (χ0v) is 13.0. The van der Waals surface area contributed by atoms with Gasteiger partial charge in [-0.1, -0.05) is 46.9 Å². The first-order valence-electron chi connectivity index (χ1n) is 5.33. The first kappa shape index (κ1) is 15.3. The Hall–Kier alpha value is -1.14. The van der Waals surface area contributed by atoms with Gasteiger partial charge < -0.3 is 5.73 Å². The van der Waals surface area contributed by atoms with Gasteiger partial charge in [0.2, 0.25) is 0 Å². The molecule has 0 aliphatic carbocycles. The molecule has 8 heteroatoms. The Labute approximate surface area is 131 Å². The van der Waals surface area contributed by atoms with E-state index >= 15 is 0 Å². The van der Waals surface area contributed by atoms with Gasteiger partial charge in [0.15, 0.2) is 0 Å². The number of rotatable bonds is 3. The Kier molecular flexibility index (Phi) is 4.34. The number of benzene rings is 2. The van der Waals surface area contributed by atoms with Gasteiger partial charge in [0.25, 0.3) is 10.0 Å². The van der Waals surface area contributed by atoms with Gasteiger partial charge in [-0.3, -0.25) is 4.72 Å². The summed E-state index contributed by atoms with van der Waals surface area (Å²) < 4.78 is 26.9. The smallest absolute Gasteiger partial charge is 0.263 e. The molecule has 2 aromatic carbocycles. The largest absolute Gasteiger partial charge is 0.397 e. The molecular formula is C12H9Cl3N2O2S. The topological polar surface area (TPSA) is 72.2 Å². The van der Waals surface area contributed by atoms with Crippen LogP contribution in [0.5, 0.6) is 0 Å². The van der Waals surface area contributed by atoms with Crippen LogP contribution < -0.4 is 10.5 Å². The highest BCUT2D eigenvalue weighted by molar-refractivity contribution is 7.92. The second kappa shape index (κ2) is 5.69. The number of sulfonamides is 1. The molecule has 0 aliphatic heterocycles. The average molecular weight is 352 g/mol. The maximum atomic E-state index is 12.3. The molecule has 0 saturated carbocycles. The predicted molar refractivity (Wildman–Crippen MR) is 83.1 cm³/mol. The first-order chi connectivity index (χ1) is 9.31. The third kappa shape index (κ3) is 3.12. The molecule has 0 amide bonds. The van der Waals surface area contributed by atoms with Crippen LogP contribution in [-0.2, 0) is 10.0 Å². The highest BCUT2D eigenvalue weighted by Gasteiger charge is 2.20. The summed E-state index contributed by atoms with van der Waals surface area (Å²) in [6.45, 7) is 0. The van der Waals surface area contributed by atoms with Crippen molar-refractivity contribution in [2.75, 3.05) is 10.5 Å². The third-order valence-electron chi connectivity index (χ3n) is 2.47. The molecular weight excluding hydrogens is 343 g/mol. The standard InChI is InChI=1S/C12H9Cl3N2O2S/c13-7-5-9(15)12(6-8(7)14)20(18,19)17-11-4-2-1-3-10(11)16/h1-6,17H,16H2. The van der Waals surface area contributed by atoms with Gasteiger partial charge in [-0.2, -0.15) is 0 Å². The van der Waals surface area contributed by atoms with Crippen molar-refractivity contribution in [1.29, 1.82) is 0 Å². The van der Waals surface area contributed by atoms with Crippen LogP contribution in [0.3, 0.4) is 0 Å². The SMILES string of the molecule is Nc1ccccc1NS(=O)(=O)c1cc(Cl)c(Cl)cc1Cl. The number of nitrogens with two attached hydrogens (primary N) is 1. The van der Waals surface area contributed by atoms with E-state index in [1.54, 1.807) is 18.2 Å². The van der Waals surface area contributed by atoms with Crippen LogP contribution in [0, 0.1) is 0 Å². The molecule has 0 heterocycles. The summed E-state index contributed by atoms with van der Waals surface area (Å²) >= 11 is 17.5. The predicted octanol–water partition coefficient (Wildman–Crippen LogP) is 4.03. The van der Waals surface area contributed by atoms with Crippen LogP contribution >= 0.6 is 34.8 Å². The van der Waals surface area contributed by atoms with Crippen molar-refractivity contribution in [1.82, 2.24) is 0 Å². The molecule has 0 spiro atoms. The molecule has 0 fully saturated rings. The minimum Gasteiger partial charge on any atom is -0.397 e. The van der Waals surface area contributed by atoms with Crippen LogP contribution in [0.15, 0.2) is 41.3 Å². The van der Waals surface area contributed by atoms with Gasteiger partial charge in [0, 0.05) is 0 Å². The lowest BCUT2D eigenvalue weighted by atomic mass is 10.3.